The Morgan fingerprint density at radius 2 is 2.10 bits per heavy atom. The minimum absolute atomic E-state index is 0.680. The second-order valence-corrected chi connectivity index (χ2v) is 6.41. The van der Waals surface area contributed by atoms with E-state index in [9.17, 15) is 0 Å². The molecule has 0 saturated carbocycles. The lowest BCUT2D eigenvalue weighted by Gasteiger charge is -2.28. The summed E-state index contributed by atoms with van der Waals surface area (Å²) in [7, 11) is 2.28. The maximum atomic E-state index is 4.77. The van der Waals surface area contributed by atoms with Gasteiger partial charge in [0.2, 0.25) is 5.95 Å². The van der Waals surface area contributed by atoms with Gasteiger partial charge in [0.1, 0.15) is 5.82 Å². The molecule has 3 heterocycles. The normalized spacial score (nSPS) is 26.0. The van der Waals surface area contributed by atoms with Crippen molar-refractivity contribution in [1.29, 1.82) is 0 Å². The van der Waals surface area contributed by atoms with Crippen molar-refractivity contribution in [3.8, 4) is 0 Å². The van der Waals surface area contributed by atoms with Crippen LogP contribution in [0.4, 0.5) is 11.8 Å². The monoisotopic (exact) mass is 289 g/mol. The molecular formula is C16H27N5. The minimum Gasteiger partial charge on any atom is -0.355 e. The second-order valence-electron chi connectivity index (χ2n) is 6.41. The minimum atomic E-state index is 0.680. The number of rotatable bonds is 4. The van der Waals surface area contributed by atoms with Crippen LogP contribution in [0.3, 0.4) is 0 Å². The molecule has 1 N–H and O–H groups in total. The van der Waals surface area contributed by atoms with E-state index in [0.29, 0.717) is 6.04 Å². The van der Waals surface area contributed by atoms with Crippen LogP contribution in [0.15, 0.2) is 6.20 Å². The van der Waals surface area contributed by atoms with Crippen molar-refractivity contribution in [3.05, 3.63) is 11.8 Å². The van der Waals surface area contributed by atoms with Gasteiger partial charge in [-0.25, -0.2) is 4.98 Å². The van der Waals surface area contributed by atoms with E-state index in [4.69, 9.17) is 4.98 Å². The van der Waals surface area contributed by atoms with Crippen molar-refractivity contribution in [2.75, 3.05) is 36.9 Å². The SMILES string of the molecule is CCCNc1ncc(C)c(N2CCC3CCC(C2)N3C)n1. The summed E-state index contributed by atoms with van der Waals surface area (Å²) < 4.78 is 0. The van der Waals surface area contributed by atoms with Crippen molar-refractivity contribution in [2.24, 2.45) is 0 Å². The zero-order chi connectivity index (χ0) is 14.8. The third kappa shape index (κ3) is 2.98. The molecule has 3 rings (SSSR count). The van der Waals surface area contributed by atoms with E-state index in [2.05, 4.69) is 41.0 Å². The van der Waals surface area contributed by atoms with Crippen LogP contribution in [0.5, 0.6) is 0 Å². The van der Waals surface area contributed by atoms with Crippen LogP contribution in [-0.2, 0) is 0 Å². The first-order valence-corrected chi connectivity index (χ1v) is 8.23. The van der Waals surface area contributed by atoms with Gasteiger partial charge in [0.05, 0.1) is 0 Å². The number of nitrogens with zero attached hydrogens (tertiary/aromatic N) is 4. The van der Waals surface area contributed by atoms with Crippen LogP contribution < -0.4 is 10.2 Å². The van der Waals surface area contributed by atoms with Crippen LogP contribution in [0.25, 0.3) is 0 Å². The molecule has 0 aromatic carbocycles. The van der Waals surface area contributed by atoms with Gasteiger partial charge in [0, 0.05) is 43.5 Å². The Morgan fingerprint density at radius 3 is 2.90 bits per heavy atom. The van der Waals surface area contributed by atoms with Gasteiger partial charge in [-0.05, 0) is 39.7 Å². The largest absolute Gasteiger partial charge is 0.355 e. The molecule has 0 radical (unpaired) electrons. The van der Waals surface area contributed by atoms with E-state index in [0.717, 1.165) is 43.9 Å². The van der Waals surface area contributed by atoms with Gasteiger partial charge in [0.15, 0.2) is 0 Å². The first-order chi connectivity index (χ1) is 10.2. The van der Waals surface area contributed by atoms with Crippen LogP contribution in [-0.4, -0.2) is 53.6 Å². The zero-order valence-electron chi connectivity index (χ0n) is 13.5. The molecule has 2 fully saturated rings. The van der Waals surface area contributed by atoms with Gasteiger partial charge in [-0.15, -0.1) is 0 Å². The molecule has 1 aromatic rings. The molecule has 2 aliphatic rings. The summed E-state index contributed by atoms with van der Waals surface area (Å²) >= 11 is 0. The predicted molar refractivity (Wildman–Crippen MR) is 87.0 cm³/mol. The van der Waals surface area contributed by atoms with E-state index in [-0.39, 0.29) is 0 Å². The summed E-state index contributed by atoms with van der Waals surface area (Å²) in [5, 5.41) is 3.30. The molecular weight excluding hydrogens is 262 g/mol. The maximum absolute atomic E-state index is 4.77. The molecule has 0 spiro atoms. The summed E-state index contributed by atoms with van der Waals surface area (Å²) in [6.45, 7) is 7.40. The van der Waals surface area contributed by atoms with Gasteiger partial charge in [-0.1, -0.05) is 6.92 Å². The lowest BCUT2D eigenvalue weighted by molar-refractivity contribution is 0.254. The van der Waals surface area contributed by atoms with Crippen LogP contribution in [0, 0.1) is 6.92 Å². The molecule has 2 aliphatic heterocycles. The van der Waals surface area contributed by atoms with Crippen molar-refractivity contribution < 1.29 is 0 Å². The first kappa shape index (κ1) is 14.6. The first-order valence-electron chi connectivity index (χ1n) is 8.23. The molecule has 5 nitrogen and oxygen atoms in total. The third-order valence-corrected chi connectivity index (χ3v) is 4.93. The zero-order valence-corrected chi connectivity index (χ0v) is 13.5. The Hall–Kier alpha value is -1.36. The fraction of sp³-hybridized carbons (Fsp3) is 0.750. The summed E-state index contributed by atoms with van der Waals surface area (Å²) in [4.78, 5) is 14.2. The Balaban J connectivity index is 1.79. The number of likely N-dealkylation sites (N-methyl/N-ethyl adjacent to an activating group) is 1. The van der Waals surface area contributed by atoms with Crippen LogP contribution in [0.2, 0.25) is 0 Å². The van der Waals surface area contributed by atoms with Gasteiger partial charge in [-0.3, -0.25) is 4.90 Å². The third-order valence-electron chi connectivity index (χ3n) is 4.93. The summed E-state index contributed by atoms with van der Waals surface area (Å²) in [6.07, 6.45) is 6.97. The Kier molecular flexibility index (Phi) is 4.29. The summed E-state index contributed by atoms with van der Waals surface area (Å²) in [5.41, 5.74) is 1.18. The highest BCUT2D eigenvalue weighted by Crippen LogP contribution is 2.31. The van der Waals surface area contributed by atoms with Crippen molar-refractivity contribution in [3.63, 3.8) is 0 Å². The molecule has 1 aromatic heterocycles. The van der Waals surface area contributed by atoms with Gasteiger partial charge in [0.25, 0.3) is 0 Å². The van der Waals surface area contributed by atoms with Crippen molar-refractivity contribution in [1.82, 2.24) is 14.9 Å². The van der Waals surface area contributed by atoms with Gasteiger partial charge >= 0.3 is 0 Å². The number of aromatic nitrogens is 2. The average Bonchev–Trinajstić information content (AvgIpc) is 2.72. The lowest BCUT2D eigenvalue weighted by Crippen LogP contribution is -2.37. The average molecular weight is 289 g/mol. The van der Waals surface area contributed by atoms with Gasteiger partial charge < -0.3 is 10.2 Å². The summed E-state index contributed by atoms with van der Waals surface area (Å²) in [5.74, 6) is 1.88. The Morgan fingerprint density at radius 1 is 1.29 bits per heavy atom. The standard InChI is InChI=1S/C16H27N5/c1-4-8-17-16-18-10-12(2)15(19-16)21-9-7-13-5-6-14(11-21)20(13)3/h10,13-14H,4-9,11H2,1-3H3,(H,17,18,19). The molecule has 116 valence electrons. The lowest BCUT2D eigenvalue weighted by atomic mass is 10.1. The number of hydrogen-bond donors (Lipinski definition) is 1. The molecule has 2 bridgehead atoms. The number of anilines is 2. The number of nitrogens with one attached hydrogen (secondary N) is 1. The van der Waals surface area contributed by atoms with Crippen molar-refractivity contribution in [2.45, 2.75) is 51.6 Å². The molecule has 5 heteroatoms. The van der Waals surface area contributed by atoms with Crippen LogP contribution in [0.1, 0.15) is 38.2 Å². The molecule has 2 atom stereocenters. The highest BCUT2D eigenvalue weighted by Gasteiger charge is 2.35. The quantitative estimate of drug-likeness (QED) is 0.921. The topological polar surface area (TPSA) is 44.3 Å². The van der Waals surface area contributed by atoms with Crippen molar-refractivity contribution >= 4 is 11.8 Å². The number of hydrogen-bond acceptors (Lipinski definition) is 5. The highest BCUT2D eigenvalue weighted by molar-refractivity contribution is 5.49. The maximum Gasteiger partial charge on any atom is 0.224 e. The van der Waals surface area contributed by atoms with E-state index < -0.39 is 0 Å². The fourth-order valence-corrected chi connectivity index (χ4v) is 3.58. The molecule has 0 aliphatic carbocycles. The summed E-state index contributed by atoms with van der Waals surface area (Å²) in [6, 6.07) is 1.44. The van der Waals surface area contributed by atoms with E-state index in [1.807, 2.05) is 6.20 Å². The second kappa shape index (κ2) is 6.18. The van der Waals surface area contributed by atoms with E-state index >= 15 is 0 Å². The predicted octanol–water partition coefficient (Wildman–Crippen LogP) is 2.28. The van der Waals surface area contributed by atoms with E-state index in [1.54, 1.807) is 0 Å². The smallest absolute Gasteiger partial charge is 0.224 e. The fourth-order valence-electron chi connectivity index (χ4n) is 3.58. The molecule has 2 saturated heterocycles. The highest BCUT2D eigenvalue weighted by atomic mass is 15.3. The number of aryl methyl sites for hydroxylation is 1. The molecule has 0 amide bonds. The Bertz CT molecular complexity index is 490. The van der Waals surface area contributed by atoms with Crippen LogP contribution >= 0.6 is 0 Å². The molecule has 2 unspecified atom stereocenters. The van der Waals surface area contributed by atoms with E-state index in [1.165, 1.54) is 24.8 Å². The Labute approximate surface area is 127 Å². The molecule has 21 heavy (non-hydrogen) atoms. The number of fused-ring (bicyclic) bond motifs is 2. The van der Waals surface area contributed by atoms with Gasteiger partial charge in [-0.2, -0.15) is 4.98 Å².